The van der Waals surface area contributed by atoms with Crippen molar-refractivity contribution in [3.05, 3.63) is 29.3 Å². The molecule has 0 saturated carbocycles. The van der Waals surface area contributed by atoms with Crippen LogP contribution in [0.2, 0.25) is 0 Å². The summed E-state index contributed by atoms with van der Waals surface area (Å²) in [5, 5.41) is 9.11. The Balaban J connectivity index is 2.22. The molecular formula is C14H21NO2. The fraction of sp³-hybridized carbons (Fsp3) is 0.571. The highest BCUT2D eigenvalue weighted by atomic mass is 16.5. The van der Waals surface area contributed by atoms with Crippen LogP contribution in [0.4, 0.5) is 5.69 Å². The first kappa shape index (κ1) is 12.4. The standard InChI is InChI=1S/C14H21NO2/c1-11-8-12(9-16)4-5-13(11)15-6-7-17-14(2,3)10-15/h4-5,8,16H,6-7,9-10H2,1-3H3. The second-order valence-electron chi connectivity index (χ2n) is 5.31. The van der Waals surface area contributed by atoms with Gasteiger partial charge < -0.3 is 14.7 Å². The number of aliphatic hydroxyl groups excluding tert-OH is 1. The van der Waals surface area contributed by atoms with E-state index >= 15 is 0 Å². The van der Waals surface area contributed by atoms with Crippen LogP contribution in [0.25, 0.3) is 0 Å². The van der Waals surface area contributed by atoms with Crippen molar-refractivity contribution >= 4 is 5.69 Å². The van der Waals surface area contributed by atoms with Gasteiger partial charge in [-0.05, 0) is 38.0 Å². The molecule has 0 aromatic heterocycles. The Morgan fingerprint density at radius 1 is 1.41 bits per heavy atom. The molecule has 1 aliphatic heterocycles. The van der Waals surface area contributed by atoms with E-state index in [4.69, 9.17) is 9.84 Å². The fourth-order valence-electron chi connectivity index (χ4n) is 2.39. The molecule has 1 N–H and O–H groups in total. The Kier molecular flexibility index (Phi) is 3.40. The van der Waals surface area contributed by atoms with Gasteiger partial charge in [0.05, 0.1) is 18.8 Å². The van der Waals surface area contributed by atoms with Gasteiger partial charge in [0.25, 0.3) is 0 Å². The molecule has 0 spiro atoms. The first-order chi connectivity index (χ1) is 8.02. The highest BCUT2D eigenvalue weighted by Crippen LogP contribution is 2.26. The average molecular weight is 235 g/mol. The summed E-state index contributed by atoms with van der Waals surface area (Å²) in [5.74, 6) is 0. The number of aryl methyl sites for hydroxylation is 1. The lowest BCUT2D eigenvalue weighted by Crippen LogP contribution is -2.48. The monoisotopic (exact) mass is 235 g/mol. The van der Waals surface area contributed by atoms with Gasteiger partial charge in [0.15, 0.2) is 0 Å². The first-order valence-electron chi connectivity index (χ1n) is 6.11. The van der Waals surface area contributed by atoms with Gasteiger partial charge in [-0.3, -0.25) is 0 Å². The first-order valence-corrected chi connectivity index (χ1v) is 6.11. The Morgan fingerprint density at radius 2 is 2.18 bits per heavy atom. The van der Waals surface area contributed by atoms with Crippen LogP contribution in [0.1, 0.15) is 25.0 Å². The van der Waals surface area contributed by atoms with Crippen LogP contribution < -0.4 is 4.90 Å². The molecule has 0 amide bonds. The number of aliphatic hydroxyl groups is 1. The highest BCUT2D eigenvalue weighted by Gasteiger charge is 2.27. The van der Waals surface area contributed by atoms with Crippen molar-refractivity contribution in [1.29, 1.82) is 0 Å². The Labute approximate surface area is 103 Å². The molecule has 0 unspecified atom stereocenters. The molecule has 94 valence electrons. The molecule has 1 aromatic carbocycles. The third-order valence-electron chi connectivity index (χ3n) is 3.21. The number of hydrogen-bond donors (Lipinski definition) is 1. The molecule has 0 aliphatic carbocycles. The van der Waals surface area contributed by atoms with Crippen LogP contribution in [0.15, 0.2) is 18.2 Å². The fourth-order valence-corrected chi connectivity index (χ4v) is 2.39. The van der Waals surface area contributed by atoms with Gasteiger partial charge in [0.1, 0.15) is 0 Å². The third kappa shape index (κ3) is 2.79. The zero-order valence-corrected chi connectivity index (χ0v) is 10.9. The van der Waals surface area contributed by atoms with E-state index in [1.807, 2.05) is 6.07 Å². The number of ether oxygens (including phenoxy) is 1. The summed E-state index contributed by atoms with van der Waals surface area (Å²) in [7, 11) is 0. The number of anilines is 1. The smallest absolute Gasteiger partial charge is 0.0801 e. The topological polar surface area (TPSA) is 32.7 Å². The van der Waals surface area contributed by atoms with Crippen molar-refractivity contribution in [2.24, 2.45) is 0 Å². The molecule has 1 heterocycles. The minimum atomic E-state index is -0.0830. The maximum atomic E-state index is 9.11. The van der Waals surface area contributed by atoms with Gasteiger partial charge in [-0.2, -0.15) is 0 Å². The zero-order chi connectivity index (χ0) is 12.5. The van der Waals surface area contributed by atoms with Gasteiger partial charge in [0.2, 0.25) is 0 Å². The Bertz CT molecular complexity index is 401. The van der Waals surface area contributed by atoms with Crippen LogP contribution in [0.5, 0.6) is 0 Å². The molecule has 0 radical (unpaired) electrons. The van der Waals surface area contributed by atoms with Crippen molar-refractivity contribution in [3.63, 3.8) is 0 Å². The minimum Gasteiger partial charge on any atom is -0.392 e. The summed E-state index contributed by atoms with van der Waals surface area (Å²) < 4.78 is 5.72. The number of hydrogen-bond acceptors (Lipinski definition) is 3. The van der Waals surface area contributed by atoms with Crippen LogP contribution in [0.3, 0.4) is 0 Å². The molecule has 1 fully saturated rings. The lowest BCUT2D eigenvalue weighted by Gasteiger charge is -2.40. The summed E-state index contributed by atoms with van der Waals surface area (Å²) >= 11 is 0. The molecule has 0 atom stereocenters. The number of nitrogens with zero attached hydrogens (tertiary/aromatic N) is 1. The summed E-state index contributed by atoms with van der Waals surface area (Å²) in [6.45, 7) is 9.06. The quantitative estimate of drug-likeness (QED) is 0.852. The van der Waals surface area contributed by atoms with E-state index in [0.717, 1.165) is 25.3 Å². The van der Waals surface area contributed by atoms with E-state index in [-0.39, 0.29) is 12.2 Å². The average Bonchev–Trinajstić information content (AvgIpc) is 2.27. The second kappa shape index (κ2) is 4.67. The summed E-state index contributed by atoms with van der Waals surface area (Å²) in [6, 6.07) is 6.14. The predicted molar refractivity (Wildman–Crippen MR) is 69.3 cm³/mol. The minimum absolute atomic E-state index is 0.0830. The third-order valence-corrected chi connectivity index (χ3v) is 3.21. The molecule has 1 aliphatic rings. The maximum absolute atomic E-state index is 9.11. The number of benzene rings is 1. The van der Waals surface area contributed by atoms with Crippen molar-refractivity contribution in [2.75, 3.05) is 24.6 Å². The van der Waals surface area contributed by atoms with E-state index in [1.165, 1.54) is 11.3 Å². The van der Waals surface area contributed by atoms with Crippen molar-refractivity contribution in [3.8, 4) is 0 Å². The van der Waals surface area contributed by atoms with Crippen molar-refractivity contribution < 1.29 is 9.84 Å². The summed E-state index contributed by atoms with van der Waals surface area (Å²) in [4.78, 5) is 2.36. The van der Waals surface area contributed by atoms with Gasteiger partial charge in [-0.25, -0.2) is 0 Å². The Hall–Kier alpha value is -1.06. The molecule has 0 bridgehead atoms. The van der Waals surface area contributed by atoms with Crippen LogP contribution >= 0.6 is 0 Å². The van der Waals surface area contributed by atoms with E-state index < -0.39 is 0 Å². The molecular weight excluding hydrogens is 214 g/mol. The van der Waals surface area contributed by atoms with E-state index in [9.17, 15) is 0 Å². The van der Waals surface area contributed by atoms with Gasteiger partial charge in [0, 0.05) is 18.8 Å². The zero-order valence-electron chi connectivity index (χ0n) is 10.9. The molecule has 1 aromatic rings. The SMILES string of the molecule is Cc1cc(CO)ccc1N1CCOC(C)(C)C1. The number of rotatable bonds is 2. The van der Waals surface area contributed by atoms with Crippen LogP contribution in [-0.2, 0) is 11.3 Å². The van der Waals surface area contributed by atoms with Crippen LogP contribution in [-0.4, -0.2) is 30.4 Å². The second-order valence-corrected chi connectivity index (χ2v) is 5.31. The lowest BCUT2D eigenvalue weighted by atomic mass is 10.0. The molecule has 17 heavy (non-hydrogen) atoms. The lowest BCUT2D eigenvalue weighted by molar-refractivity contribution is -0.0277. The van der Waals surface area contributed by atoms with E-state index in [0.29, 0.717) is 0 Å². The van der Waals surface area contributed by atoms with Gasteiger partial charge >= 0.3 is 0 Å². The van der Waals surface area contributed by atoms with E-state index in [1.54, 1.807) is 0 Å². The molecule has 2 rings (SSSR count). The van der Waals surface area contributed by atoms with Crippen molar-refractivity contribution in [1.82, 2.24) is 0 Å². The largest absolute Gasteiger partial charge is 0.392 e. The normalized spacial score (nSPS) is 19.4. The maximum Gasteiger partial charge on any atom is 0.0801 e. The summed E-state index contributed by atoms with van der Waals surface area (Å²) in [5.41, 5.74) is 3.35. The molecule has 3 heteroatoms. The Morgan fingerprint density at radius 3 is 2.76 bits per heavy atom. The van der Waals surface area contributed by atoms with Crippen molar-refractivity contribution in [2.45, 2.75) is 33.0 Å². The van der Waals surface area contributed by atoms with E-state index in [2.05, 4.69) is 37.8 Å². The van der Waals surface area contributed by atoms with Gasteiger partial charge in [-0.1, -0.05) is 12.1 Å². The summed E-state index contributed by atoms with van der Waals surface area (Å²) in [6.07, 6.45) is 0. The number of morpholine rings is 1. The van der Waals surface area contributed by atoms with Gasteiger partial charge in [-0.15, -0.1) is 0 Å². The predicted octanol–water partition coefficient (Wildman–Crippen LogP) is 2.10. The van der Waals surface area contributed by atoms with Crippen LogP contribution in [0, 0.1) is 6.92 Å². The molecule has 1 saturated heterocycles. The molecule has 3 nitrogen and oxygen atoms in total. The highest BCUT2D eigenvalue weighted by molar-refractivity contribution is 5.55.